The fraction of sp³-hybridized carbons (Fsp3) is 0.200. The van der Waals surface area contributed by atoms with Crippen LogP contribution in [-0.2, 0) is 12.8 Å². The highest BCUT2D eigenvalue weighted by atomic mass is 16.2. The second-order valence-electron chi connectivity index (χ2n) is 6.60. The lowest BCUT2D eigenvalue weighted by atomic mass is 10.1. The van der Waals surface area contributed by atoms with Gasteiger partial charge in [-0.05, 0) is 48.2 Å². The smallest absolute Gasteiger partial charge is 0.261 e. The Bertz CT molecular complexity index is 1000. The predicted octanol–water partition coefficient (Wildman–Crippen LogP) is 2.97. The van der Waals surface area contributed by atoms with Gasteiger partial charge in [-0.15, -0.1) is 0 Å². The molecule has 5 rings (SSSR count). The third kappa shape index (κ3) is 2.09. The molecule has 0 radical (unpaired) electrons. The molecule has 2 aromatic carbocycles. The first-order valence-corrected chi connectivity index (χ1v) is 8.54. The molecular formula is C20H17N3O2. The summed E-state index contributed by atoms with van der Waals surface area (Å²) in [6.07, 6.45) is 3.68. The van der Waals surface area contributed by atoms with Crippen LogP contribution in [0.1, 0.15) is 31.8 Å². The highest BCUT2D eigenvalue weighted by molar-refractivity contribution is 6.21. The van der Waals surface area contributed by atoms with E-state index in [0.29, 0.717) is 24.1 Å². The molecule has 124 valence electrons. The summed E-state index contributed by atoms with van der Waals surface area (Å²) >= 11 is 0. The number of nitrogens with one attached hydrogen (secondary N) is 2. The Kier molecular flexibility index (Phi) is 2.98. The minimum absolute atomic E-state index is 0.192. The summed E-state index contributed by atoms with van der Waals surface area (Å²) in [4.78, 5) is 29.6. The van der Waals surface area contributed by atoms with E-state index in [1.54, 1.807) is 24.3 Å². The van der Waals surface area contributed by atoms with Crippen LogP contribution in [0.2, 0.25) is 0 Å². The Morgan fingerprint density at radius 2 is 1.80 bits per heavy atom. The van der Waals surface area contributed by atoms with Crippen molar-refractivity contribution >= 4 is 28.4 Å². The number of imide groups is 1. The van der Waals surface area contributed by atoms with Crippen LogP contribution in [-0.4, -0.2) is 34.8 Å². The average molecular weight is 331 g/mol. The number of benzene rings is 2. The molecule has 0 unspecified atom stereocenters. The number of amides is 2. The fourth-order valence-electron chi connectivity index (χ4n) is 3.86. The van der Waals surface area contributed by atoms with Gasteiger partial charge in [-0.1, -0.05) is 12.1 Å². The fourth-order valence-corrected chi connectivity index (χ4v) is 3.86. The van der Waals surface area contributed by atoms with Crippen molar-refractivity contribution in [1.29, 1.82) is 0 Å². The summed E-state index contributed by atoms with van der Waals surface area (Å²) in [5.41, 5.74) is 5.78. The van der Waals surface area contributed by atoms with Crippen LogP contribution in [0, 0.1) is 0 Å². The summed E-state index contributed by atoms with van der Waals surface area (Å²) in [5.74, 6) is -0.383. The maximum atomic E-state index is 12.5. The standard InChI is InChI=1S/C20H17N3O2/c24-19-14-3-1-2-4-15(14)20(25)23(19)8-6-13-11-22-18-9-12-5-7-21-17(12)10-16(13)18/h1-4,9-11,21-22H,5-8H2. The Balaban J connectivity index is 1.41. The maximum Gasteiger partial charge on any atom is 0.261 e. The van der Waals surface area contributed by atoms with Crippen molar-refractivity contribution < 1.29 is 9.59 Å². The number of aromatic nitrogens is 1. The predicted molar refractivity (Wildman–Crippen MR) is 96.0 cm³/mol. The van der Waals surface area contributed by atoms with E-state index in [0.717, 1.165) is 29.4 Å². The Morgan fingerprint density at radius 3 is 2.56 bits per heavy atom. The summed E-state index contributed by atoms with van der Waals surface area (Å²) in [6.45, 7) is 1.37. The zero-order valence-electron chi connectivity index (χ0n) is 13.6. The average Bonchev–Trinajstić information content (AvgIpc) is 3.30. The first-order chi connectivity index (χ1) is 12.2. The molecule has 0 bridgehead atoms. The third-order valence-electron chi connectivity index (χ3n) is 5.18. The zero-order chi connectivity index (χ0) is 17.0. The van der Waals surface area contributed by atoms with E-state index in [4.69, 9.17) is 0 Å². The lowest BCUT2D eigenvalue weighted by molar-refractivity contribution is 0.0656. The SMILES string of the molecule is O=C1c2ccccc2C(=O)N1CCc1c[nH]c2cc3c(cc12)NCC3. The molecule has 0 saturated carbocycles. The van der Waals surface area contributed by atoms with Crippen LogP contribution in [0.5, 0.6) is 0 Å². The van der Waals surface area contributed by atoms with Gasteiger partial charge in [0.25, 0.3) is 11.8 Å². The number of H-pyrrole nitrogens is 1. The third-order valence-corrected chi connectivity index (χ3v) is 5.18. The molecule has 2 N–H and O–H groups in total. The first-order valence-electron chi connectivity index (χ1n) is 8.54. The number of anilines is 1. The largest absolute Gasteiger partial charge is 0.384 e. The minimum atomic E-state index is -0.192. The van der Waals surface area contributed by atoms with Gasteiger partial charge < -0.3 is 10.3 Å². The summed E-state index contributed by atoms with van der Waals surface area (Å²) < 4.78 is 0. The van der Waals surface area contributed by atoms with E-state index in [-0.39, 0.29) is 11.8 Å². The number of carbonyl (C=O) groups is 2. The van der Waals surface area contributed by atoms with Crippen molar-refractivity contribution in [2.75, 3.05) is 18.4 Å². The van der Waals surface area contributed by atoms with Gasteiger partial charge in [-0.2, -0.15) is 0 Å². The molecule has 3 heterocycles. The highest BCUT2D eigenvalue weighted by Crippen LogP contribution is 2.30. The van der Waals surface area contributed by atoms with Crippen LogP contribution >= 0.6 is 0 Å². The molecule has 2 amide bonds. The molecule has 2 aliphatic rings. The van der Waals surface area contributed by atoms with E-state index in [2.05, 4.69) is 22.4 Å². The van der Waals surface area contributed by atoms with Gasteiger partial charge in [0.1, 0.15) is 0 Å². The number of rotatable bonds is 3. The molecule has 1 aromatic heterocycles. The Morgan fingerprint density at radius 1 is 1.04 bits per heavy atom. The van der Waals surface area contributed by atoms with Crippen LogP contribution in [0.4, 0.5) is 5.69 Å². The molecule has 0 aliphatic carbocycles. The van der Waals surface area contributed by atoms with Crippen molar-refractivity contribution in [3.63, 3.8) is 0 Å². The minimum Gasteiger partial charge on any atom is -0.384 e. The van der Waals surface area contributed by atoms with Crippen LogP contribution in [0.25, 0.3) is 10.9 Å². The molecule has 0 saturated heterocycles. The van der Waals surface area contributed by atoms with Gasteiger partial charge >= 0.3 is 0 Å². The van der Waals surface area contributed by atoms with E-state index in [9.17, 15) is 9.59 Å². The zero-order valence-corrected chi connectivity index (χ0v) is 13.6. The number of carbonyl (C=O) groups excluding carboxylic acids is 2. The molecule has 2 aliphatic heterocycles. The Labute approximate surface area is 144 Å². The van der Waals surface area contributed by atoms with E-state index in [1.807, 2.05) is 6.20 Å². The van der Waals surface area contributed by atoms with Gasteiger partial charge in [0, 0.05) is 35.9 Å². The van der Waals surface area contributed by atoms with Crippen molar-refractivity contribution in [2.45, 2.75) is 12.8 Å². The quantitative estimate of drug-likeness (QED) is 0.725. The number of fused-ring (bicyclic) bond motifs is 3. The molecular weight excluding hydrogens is 314 g/mol. The van der Waals surface area contributed by atoms with Crippen molar-refractivity contribution in [1.82, 2.24) is 9.88 Å². The van der Waals surface area contributed by atoms with Gasteiger partial charge in [0.15, 0.2) is 0 Å². The number of hydrogen-bond donors (Lipinski definition) is 2. The highest BCUT2D eigenvalue weighted by Gasteiger charge is 2.34. The summed E-state index contributed by atoms with van der Waals surface area (Å²) in [6, 6.07) is 11.4. The van der Waals surface area contributed by atoms with E-state index >= 15 is 0 Å². The molecule has 3 aromatic rings. The lowest BCUT2D eigenvalue weighted by Crippen LogP contribution is -2.31. The number of nitrogens with zero attached hydrogens (tertiary/aromatic N) is 1. The monoisotopic (exact) mass is 331 g/mol. The number of hydrogen-bond acceptors (Lipinski definition) is 3. The molecule has 0 atom stereocenters. The van der Waals surface area contributed by atoms with E-state index in [1.165, 1.54) is 16.2 Å². The maximum absolute atomic E-state index is 12.5. The van der Waals surface area contributed by atoms with Gasteiger partial charge in [0.2, 0.25) is 0 Å². The molecule has 0 fully saturated rings. The van der Waals surface area contributed by atoms with Gasteiger partial charge in [-0.3, -0.25) is 14.5 Å². The van der Waals surface area contributed by atoms with Gasteiger partial charge in [-0.25, -0.2) is 0 Å². The van der Waals surface area contributed by atoms with Gasteiger partial charge in [0.05, 0.1) is 11.1 Å². The van der Waals surface area contributed by atoms with Crippen molar-refractivity contribution in [3.05, 3.63) is 64.8 Å². The van der Waals surface area contributed by atoms with Crippen LogP contribution < -0.4 is 5.32 Å². The lowest BCUT2D eigenvalue weighted by Gasteiger charge is -2.13. The van der Waals surface area contributed by atoms with Crippen molar-refractivity contribution in [2.24, 2.45) is 0 Å². The van der Waals surface area contributed by atoms with Crippen molar-refractivity contribution in [3.8, 4) is 0 Å². The Hall–Kier alpha value is -3.08. The molecule has 5 heteroatoms. The van der Waals surface area contributed by atoms with Crippen LogP contribution in [0.3, 0.4) is 0 Å². The number of aromatic amines is 1. The molecule has 5 nitrogen and oxygen atoms in total. The normalized spacial score (nSPS) is 15.6. The van der Waals surface area contributed by atoms with Crippen LogP contribution in [0.15, 0.2) is 42.6 Å². The molecule has 0 spiro atoms. The topological polar surface area (TPSA) is 65.2 Å². The second-order valence-corrected chi connectivity index (χ2v) is 6.60. The molecule has 25 heavy (non-hydrogen) atoms. The first kappa shape index (κ1) is 14.3. The summed E-state index contributed by atoms with van der Waals surface area (Å²) in [7, 11) is 0. The summed E-state index contributed by atoms with van der Waals surface area (Å²) in [5, 5.41) is 4.56. The second kappa shape index (κ2) is 5.21. The van der Waals surface area contributed by atoms with E-state index < -0.39 is 0 Å².